The third kappa shape index (κ3) is 3.78. The second-order valence-corrected chi connectivity index (χ2v) is 5.78. The van der Waals surface area contributed by atoms with Crippen molar-refractivity contribution in [3.05, 3.63) is 75.5 Å². The van der Waals surface area contributed by atoms with E-state index in [-0.39, 0.29) is 16.5 Å². The van der Waals surface area contributed by atoms with Crippen LogP contribution < -0.4 is 10.9 Å². The molecule has 1 aromatic carbocycles. The normalized spacial score (nSPS) is 11.1. The summed E-state index contributed by atoms with van der Waals surface area (Å²) in [6.07, 6.45) is 2.54. The topological polar surface area (TPSA) is 114 Å². The number of hydrazone groups is 1. The molecule has 142 valence electrons. The van der Waals surface area contributed by atoms with Crippen LogP contribution in [0.3, 0.4) is 0 Å². The number of aryl methyl sites for hydroxylation is 1. The van der Waals surface area contributed by atoms with Crippen LogP contribution in [-0.4, -0.2) is 32.7 Å². The van der Waals surface area contributed by atoms with Gasteiger partial charge in [-0.15, -0.1) is 0 Å². The summed E-state index contributed by atoms with van der Waals surface area (Å²) in [7, 11) is 0. The molecule has 2 aromatic heterocycles. The second-order valence-electron chi connectivity index (χ2n) is 5.78. The van der Waals surface area contributed by atoms with Crippen molar-refractivity contribution in [1.29, 1.82) is 0 Å². The molecule has 0 aliphatic rings. The van der Waals surface area contributed by atoms with Crippen LogP contribution in [0.2, 0.25) is 0 Å². The SMILES string of the molecule is CCn1cc(C(=O)O)c(=O)c2ccc(/C=N/NC(=O)c3ccc(F)cc3)nc21. The molecule has 0 atom stereocenters. The zero-order chi connectivity index (χ0) is 20.3. The van der Waals surface area contributed by atoms with Gasteiger partial charge in [-0.2, -0.15) is 5.10 Å². The fourth-order valence-electron chi connectivity index (χ4n) is 2.57. The first-order valence-corrected chi connectivity index (χ1v) is 8.27. The van der Waals surface area contributed by atoms with Crippen LogP contribution in [0.25, 0.3) is 11.0 Å². The summed E-state index contributed by atoms with van der Waals surface area (Å²) < 4.78 is 14.4. The minimum absolute atomic E-state index is 0.175. The Bertz CT molecular complexity index is 1150. The number of carbonyl (C=O) groups excluding carboxylic acids is 1. The van der Waals surface area contributed by atoms with Crippen molar-refractivity contribution >= 4 is 29.1 Å². The summed E-state index contributed by atoms with van der Waals surface area (Å²) in [6.45, 7) is 2.20. The maximum absolute atomic E-state index is 12.9. The lowest BCUT2D eigenvalue weighted by atomic mass is 10.2. The second kappa shape index (κ2) is 7.78. The third-order valence-corrected chi connectivity index (χ3v) is 3.98. The van der Waals surface area contributed by atoms with Crippen LogP contribution >= 0.6 is 0 Å². The van der Waals surface area contributed by atoms with Crippen LogP contribution in [0, 0.1) is 5.82 Å². The van der Waals surface area contributed by atoms with Crippen molar-refractivity contribution in [2.24, 2.45) is 5.10 Å². The summed E-state index contributed by atoms with van der Waals surface area (Å²) in [4.78, 5) is 39.8. The lowest BCUT2D eigenvalue weighted by Crippen LogP contribution is -2.20. The van der Waals surface area contributed by atoms with Crippen molar-refractivity contribution in [3.8, 4) is 0 Å². The standard InChI is InChI=1S/C19H15FN4O4/c1-2-24-10-15(19(27)28)16(25)14-8-7-13(22-17(14)24)9-21-23-18(26)11-3-5-12(20)6-4-11/h3-10H,2H2,1H3,(H,23,26)(H,27,28)/b21-9+. The summed E-state index contributed by atoms with van der Waals surface area (Å²) >= 11 is 0. The maximum Gasteiger partial charge on any atom is 0.341 e. The summed E-state index contributed by atoms with van der Waals surface area (Å²) in [5.74, 6) is -2.27. The van der Waals surface area contributed by atoms with Crippen LogP contribution in [0.4, 0.5) is 4.39 Å². The number of halogens is 1. The highest BCUT2D eigenvalue weighted by Crippen LogP contribution is 2.11. The van der Waals surface area contributed by atoms with Gasteiger partial charge in [-0.1, -0.05) is 0 Å². The molecule has 2 N–H and O–H groups in total. The Morgan fingerprint density at radius 2 is 1.96 bits per heavy atom. The minimum atomic E-state index is -1.30. The van der Waals surface area contributed by atoms with Crippen LogP contribution in [0.1, 0.15) is 33.3 Å². The van der Waals surface area contributed by atoms with Crippen molar-refractivity contribution in [3.63, 3.8) is 0 Å². The lowest BCUT2D eigenvalue weighted by Gasteiger charge is -2.09. The third-order valence-electron chi connectivity index (χ3n) is 3.98. The highest BCUT2D eigenvalue weighted by Gasteiger charge is 2.15. The molecule has 0 aliphatic carbocycles. The van der Waals surface area contributed by atoms with Gasteiger partial charge in [0.1, 0.15) is 17.0 Å². The molecule has 0 fully saturated rings. The molecule has 3 aromatic rings. The Hall–Kier alpha value is -3.88. The number of aromatic nitrogens is 2. The van der Waals surface area contributed by atoms with E-state index in [4.69, 9.17) is 5.11 Å². The molecule has 2 heterocycles. The van der Waals surface area contributed by atoms with Gasteiger partial charge in [-0.05, 0) is 43.3 Å². The summed E-state index contributed by atoms with van der Waals surface area (Å²) in [5.41, 5.74) is 2.26. The van der Waals surface area contributed by atoms with E-state index in [1.807, 2.05) is 0 Å². The van der Waals surface area contributed by atoms with Crippen LogP contribution in [0.15, 0.2) is 52.5 Å². The number of carbonyl (C=O) groups is 2. The molecule has 0 spiro atoms. The number of pyridine rings is 2. The average Bonchev–Trinajstić information content (AvgIpc) is 2.68. The van der Waals surface area contributed by atoms with Crippen molar-refractivity contribution in [2.45, 2.75) is 13.5 Å². The number of carboxylic acids is 1. The Morgan fingerprint density at radius 3 is 2.61 bits per heavy atom. The zero-order valence-electron chi connectivity index (χ0n) is 14.7. The van der Waals surface area contributed by atoms with Gasteiger partial charge in [-0.3, -0.25) is 9.59 Å². The van der Waals surface area contributed by atoms with Crippen LogP contribution in [-0.2, 0) is 6.54 Å². The van der Waals surface area contributed by atoms with Gasteiger partial charge in [0.15, 0.2) is 0 Å². The largest absolute Gasteiger partial charge is 0.477 e. The number of nitrogens with one attached hydrogen (secondary N) is 1. The molecule has 1 amide bonds. The fraction of sp³-hybridized carbons (Fsp3) is 0.105. The molecule has 9 heteroatoms. The van der Waals surface area contributed by atoms with E-state index in [0.29, 0.717) is 17.9 Å². The van der Waals surface area contributed by atoms with Crippen molar-refractivity contribution in [2.75, 3.05) is 0 Å². The van der Waals surface area contributed by atoms with E-state index in [2.05, 4.69) is 15.5 Å². The maximum atomic E-state index is 12.9. The molecule has 3 rings (SSSR count). The number of amides is 1. The minimum Gasteiger partial charge on any atom is -0.477 e. The first-order chi connectivity index (χ1) is 13.4. The van der Waals surface area contributed by atoms with Gasteiger partial charge in [0.25, 0.3) is 5.91 Å². The van der Waals surface area contributed by atoms with E-state index >= 15 is 0 Å². The molecule has 0 saturated carbocycles. The fourth-order valence-corrected chi connectivity index (χ4v) is 2.57. The molecule has 0 unspecified atom stereocenters. The van der Waals surface area contributed by atoms with Gasteiger partial charge >= 0.3 is 5.97 Å². The van der Waals surface area contributed by atoms with E-state index < -0.39 is 23.1 Å². The van der Waals surface area contributed by atoms with Gasteiger partial charge in [-0.25, -0.2) is 19.6 Å². The molecule has 0 radical (unpaired) electrons. The number of carboxylic acid groups (broad SMARTS) is 1. The summed E-state index contributed by atoms with van der Waals surface area (Å²) in [6, 6.07) is 7.94. The molecular weight excluding hydrogens is 367 g/mol. The number of rotatable bonds is 5. The molecule has 0 aliphatic heterocycles. The Kier molecular flexibility index (Phi) is 5.25. The number of nitrogens with zero attached hydrogens (tertiary/aromatic N) is 3. The van der Waals surface area contributed by atoms with Crippen LogP contribution in [0.5, 0.6) is 0 Å². The van der Waals surface area contributed by atoms with E-state index in [0.717, 1.165) is 0 Å². The number of hydrogen-bond acceptors (Lipinski definition) is 5. The molecule has 8 nitrogen and oxygen atoms in total. The first kappa shape index (κ1) is 18.9. The molecule has 28 heavy (non-hydrogen) atoms. The zero-order valence-corrected chi connectivity index (χ0v) is 14.7. The molecular formula is C19H15FN4O4. The molecule has 0 bridgehead atoms. The predicted octanol–water partition coefficient (Wildman–Crippen LogP) is 2.02. The van der Waals surface area contributed by atoms with Gasteiger partial charge in [0.05, 0.1) is 17.3 Å². The van der Waals surface area contributed by atoms with E-state index in [1.54, 1.807) is 11.5 Å². The highest BCUT2D eigenvalue weighted by molar-refractivity contribution is 5.95. The lowest BCUT2D eigenvalue weighted by molar-refractivity contribution is 0.0694. The smallest absolute Gasteiger partial charge is 0.341 e. The monoisotopic (exact) mass is 382 g/mol. The van der Waals surface area contributed by atoms with Gasteiger partial charge in [0, 0.05) is 18.3 Å². The summed E-state index contributed by atoms with van der Waals surface area (Å²) in [5, 5.41) is 13.1. The number of fused-ring (bicyclic) bond motifs is 1. The number of aromatic carboxylic acids is 1. The number of hydrogen-bond donors (Lipinski definition) is 2. The van der Waals surface area contributed by atoms with Crippen molar-refractivity contribution < 1.29 is 19.1 Å². The average molecular weight is 382 g/mol. The Labute approximate surface area is 158 Å². The Morgan fingerprint density at radius 1 is 1.25 bits per heavy atom. The van der Waals surface area contributed by atoms with Gasteiger partial charge < -0.3 is 9.67 Å². The molecule has 0 saturated heterocycles. The van der Waals surface area contributed by atoms with Gasteiger partial charge in [0.2, 0.25) is 5.43 Å². The van der Waals surface area contributed by atoms with Crippen molar-refractivity contribution in [1.82, 2.24) is 15.0 Å². The highest BCUT2D eigenvalue weighted by atomic mass is 19.1. The predicted molar refractivity (Wildman–Crippen MR) is 100 cm³/mol. The van der Waals surface area contributed by atoms with E-state index in [9.17, 15) is 18.8 Å². The van der Waals surface area contributed by atoms with E-state index in [1.165, 1.54) is 48.8 Å². The quantitative estimate of drug-likeness (QED) is 0.518. The Balaban J connectivity index is 1.88. The number of benzene rings is 1. The first-order valence-electron chi connectivity index (χ1n) is 8.27.